The van der Waals surface area contributed by atoms with Gasteiger partial charge < -0.3 is 0 Å². The standard InChI is InChI=1S/C12H8BrN3O2S2/c13-8-3-1-4-9(7-8)16-20(17,18)11-6-2-5-10-12(11)15-19-14-10/h1-7,16H. The largest absolute Gasteiger partial charge is 0.280 e. The molecule has 2 aromatic carbocycles. The number of fused-ring (bicyclic) bond motifs is 1. The average Bonchev–Trinajstić information content (AvgIpc) is 2.85. The smallest absolute Gasteiger partial charge is 0.264 e. The zero-order chi connectivity index (χ0) is 14.2. The van der Waals surface area contributed by atoms with Crippen molar-refractivity contribution < 1.29 is 8.42 Å². The minimum Gasteiger partial charge on any atom is -0.280 e. The van der Waals surface area contributed by atoms with Crippen molar-refractivity contribution in [2.45, 2.75) is 4.90 Å². The molecule has 1 N–H and O–H groups in total. The zero-order valence-corrected chi connectivity index (χ0v) is 13.2. The van der Waals surface area contributed by atoms with E-state index in [1.165, 1.54) is 6.07 Å². The van der Waals surface area contributed by atoms with Crippen molar-refractivity contribution in [1.29, 1.82) is 0 Å². The number of rotatable bonds is 3. The highest BCUT2D eigenvalue weighted by Crippen LogP contribution is 2.24. The molecule has 0 aliphatic rings. The van der Waals surface area contributed by atoms with Gasteiger partial charge in [0.1, 0.15) is 15.9 Å². The SMILES string of the molecule is O=S(=O)(Nc1cccc(Br)c1)c1cccc2nsnc12. The van der Waals surface area contributed by atoms with Crippen LogP contribution in [0.3, 0.4) is 0 Å². The van der Waals surface area contributed by atoms with E-state index in [4.69, 9.17) is 0 Å². The van der Waals surface area contributed by atoms with Crippen molar-refractivity contribution in [2.24, 2.45) is 0 Å². The van der Waals surface area contributed by atoms with Crippen LogP contribution in [0.1, 0.15) is 0 Å². The highest BCUT2D eigenvalue weighted by atomic mass is 79.9. The Morgan fingerprint density at radius 3 is 2.70 bits per heavy atom. The lowest BCUT2D eigenvalue weighted by atomic mass is 10.3. The van der Waals surface area contributed by atoms with Crippen LogP contribution in [0.2, 0.25) is 0 Å². The number of aromatic nitrogens is 2. The van der Waals surface area contributed by atoms with E-state index >= 15 is 0 Å². The van der Waals surface area contributed by atoms with Gasteiger partial charge in [0.2, 0.25) is 0 Å². The fourth-order valence-electron chi connectivity index (χ4n) is 1.76. The molecule has 102 valence electrons. The van der Waals surface area contributed by atoms with E-state index in [2.05, 4.69) is 29.4 Å². The normalized spacial score (nSPS) is 11.7. The summed E-state index contributed by atoms with van der Waals surface area (Å²) < 4.78 is 36.3. The predicted octanol–water partition coefficient (Wildman–Crippen LogP) is 3.25. The second kappa shape index (κ2) is 5.12. The van der Waals surface area contributed by atoms with Gasteiger partial charge >= 0.3 is 0 Å². The molecule has 0 saturated carbocycles. The van der Waals surface area contributed by atoms with Gasteiger partial charge in [0.05, 0.1) is 11.7 Å². The number of hydrogen-bond donors (Lipinski definition) is 1. The van der Waals surface area contributed by atoms with E-state index in [1.54, 1.807) is 30.3 Å². The maximum atomic E-state index is 12.4. The number of sulfonamides is 1. The molecular formula is C12H8BrN3O2S2. The van der Waals surface area contributed by atoms with Crippen molar-refractivity contribution in [3.8, 4) is 0 Å². The Kier molecular flexibility index (Phi) is 3.45. The van der Waals surface area contributed by atoms with Crippen LogP contribution < -0.4 is 4.72 Å². The lowest BCUT2D eigenvalue weighted by Crippen LogP contribution is -2.13. The van der Waals surface area contributed by atoms with Crippen LogP contribution in [0.4, 0.5) is 5.69 Å². The molecule has 0 amide bonds. The van der Waals surface area contributed by atoms with Crippen molar-refractivity contribution in [1.82, 2.24) is 8.75 Å². The van der Waals surface area contributed by atoms with Gasteiger partial charge in [-0.1, -0.05) is 28.1 Å². The number of halogens is 1. The Balaban J connectivity index is 2.06. The van der Waals surface area contributed by atoms with Crippen molar-refractivity contribution in [3.63, 3.8) is 0 Å². The van der Waals surface area contributed by atoms with Crippen LogP contribution >= 0.6 is 27.7 Å². The Bertz CT molecular complexity index is 877. The summed E-state index contributed by atoms with van der Waals surface area (Å²) in [6.07, 6.45) is 0. The highest BCUT2D eigenvalue weighted by molar-refractivity contribution is 9.10. The maximum absolute atomic E-state index is 12.4. The predicted molar refractivity (Wildman–Crippen MR) is 82.4 cm³/mol. The molecule has 1 heterocycles. The number of nitrogens with zero attached hydrogens (tertiary/aromatic N) is 2. The summed E-state index contributed by atoms with van der Waals surface area (Å²) in [4.78, 5) is 0.128. The molecular weight excluding hydrogens is 362 g/mol. The van der Waals surface area contributed by atoms with E-state index in [0.717, 1.165) is 16.2 Å². The molecule has 0 spiro atoms. The molecule has 3 rings (SSSR count). The van der Waals surface area contributed by atoms with Crippen LogP contribution in [-0.4, -0.2) is 17.2 Å². The third-order valence-electron chi connectivity index (χ3n) is 2.62. The summed E-state index contributed by atoms with van der Waals surface area (Å²) in [5.41, 5.74) is 1.45. The summed E-state index contributed by atoms with van der Waals surface area (Å²) in [6.45, 7) is 0. The zero-order valence-electron chi connectivity index (χ0n) is 9.95. The molecule has 5 nitrogen and oxygen atoms in total. The second-order valence-electron chi connectivity index (χ2n) is 4.00. The maximum Gasteiger partial charge on any atom is 0.264 e. The minimum absolute atomic E-state index is 0.128. The van der Waals surface area contributed by atoms with Gasteiger partial charge in [-0.2, -0.15) is 8.75 Å². The van der Waals surface area contributed by atoms with Gasteiger partial charge in [0.15, 0.2) is 0 Å². The van der Waals surface area contributed by atoms with Gasteiger partial charge in [0, 0.05) is 10.2 Å². The Labute approximate surface area is 128 Å². The first-order valence-corrected chi connectivity index (χ1v) is 8.56. The van der Waals surface area contributed by atoms with E-state index in [1.807, 2.05) is 6.07 Å². The summed E-state index contributed by atoms with van der Waals surface area (Å²) in [7, 11) is -3.69. The Morgan fingerprint density at radius 2 is 1.90 bits per heavy atom. The van der Waals surface area contributed by atoms with Crippen molar-refractivity contribution in [3.05, 3.63) is 46.9 Å². The molecule has 0 radical (unpaired) electrons. The molecule has 0 atom stereocenters. The monoisotopic (exact) mass is 369 g/mol. The summed E-state index contributed by atoms with van der Waals surface area (Å²) in [6, 6.07) is 11.9. The van der Waals surface area contributed by atoms with E-state index in [9.17, 15) is 8.42 Å². The third kappa shape index (κ3) is 2.54. The lowest BCUT2D eigenvalue weighted by Gasteiger charge is -2.08. The van der Waals surface area contributed by atoms with Crippen LogP contribution in [0.25, 0.3) is 11.0 Å². The molecule has 0 aliphatic carbocycles. The second-order valence-corrected chi connectivity index (χ2v) is 7.10. The van der Waals surface area contributed by atoms with Gasteiger partial charge in [-0.15, -0.1) is 0 Å². The van der Waals surface area contributed by atoms with Crippen LogP contribution in [0, 0.1) is 0 Å². The molecule has 1 aromatic heterocycles. The van der Waals surface area contributed by atoms with Crippen molar-refractivity contribution >= 4 is 54.4 Å². The highest BCUT2D eigenvalue weighted by Gasteiger charge is 2.19. The number of nitrogens with one attached hydrogen (secondary N) is 1. The van der Waals surface area contributed by atoms with Gasteiger partial charge in [-0.3, -0.25) is 4.72 Å². The topological polar surface area (TPSA) is 72.0 Å². The van der Waals surface area contributed by atoms with Gasteiger partial charge in [-0.25, -0.2) is 8.42 Å². The summed E-state index contributed by atoms with van der Waals surface area (Å²) >= 11 is 4.30. The molecule has 3 aromatic rings. The number of benzene rings is 2. The van der Waals surface area contributed by atoms with Crippen LogP contribution in [0.5, 0.6) is 0 Å². The molecule has 20 heavy (non-hydrogen) atoms. The number of anilines is 1. The fourth-order valence-corrected chi connectivity index (χ4v) is 3.98. The first kappa shape index (κ1) is 13.5. The molecule has 0 unspecified atom stereocenters. The average molecular weight is 370 g/mol. The van der Waals surface area contributed by atoms with E-state index in [0.29, 0.717) is 16.7 Å². The summed E-state index contributed by atoms with van der Waals surface area (Å²) in [5, 5.41) is 0. The van der Waals surface area contributed by atoms with Gasteiger partial charge in [-0.05, 0) is 30.3 Å². The van der Waals surface area contributed by atoms with Crippen molar-refractivity contribution in [2.75, 3.05) is 4.72 Å². The minimum atomic E-state index is -3.69. The van der Waals surface area contributed by atoms with E-state index in [-0.39, 0.29) is 4.90 Å². The molecule has 8 heteroatoms. The molecule has 0 saturated heterocycles. The van der Waals surface area contributed by atoms with Crippen LogP contribution in [0.15, 0.2) is 51.8 Å². The molecule has 0 fully saturated rings. The van der Waals surface area contributed by atoms with Gasteiger partial charge in [0.25, 0.3) is 10.0 Å². The molecule has 0 aliphatic heterocycles. The Hall–Kier alpha value is -1.51. The Morgan fingerprint density at radius 1 is 1.10 bits per heavy atom. The quantitative estimate of drug-likeness (QED) is 0.768. The van der Waals surface area contributed by atoms with E-state index < -0.39 is 10.0 Å². The molecule has 0 bridgehead atoms. The first-order valence-electron chi connectivity index (χ1n) is 5.56. The third-order valence-corrected chi connectivity index (χ3v) is 5.06. The lowest BCUT2D eigenvalue weighted by molar-refractivity contribution is 0.602. The fraction of sp³-hybridized carbons (Fsp3) is 0. The summed E-state index contributed by atoms with van der Waals surface area (Å²) in [5.74, 6) is 0. The number of hydrogen-bond acceptors (Lipinski definition) is 5. The first-order chi connectivity index (χ1) is 9.56. The van der Waals surface area contributed by atoms with Crippen LogP contribution in [-0.2, 0) is 10.0 Å².